The van der Waals surface area contributed by atoms with Gasteiger partial charge in [-0.15, -0.1) is 0 Å². The molecule has 0 spiro atoms. The summed E-state index contributed by atoms with van der Waals surface area (Å²) in [4.78, 5) is 19.5. The van der Waals surface area contributed by atoms with Crippen LogP contribution in [0.4, 0.5) is 5.82 Å². The predicted molar refractivity (Wildman–Crippen MR) is 84.9 cm³/mol. The fourth-order valence-electron chi connectivity index (χ4n) is 3.03. The second-order valence-corrected chi connectivity index (χ2v) is 5.97. The Kier molecular flexibility index (Phi) is 4.58. The first kappa shape index (κ1) is 14.8. The first-order chi connectivity index (χ1) is 10.7. The summed E-state index contributed by atoms with van der Waals surface area (Å²) >= 11 is 0. The second kappa shape index (κ2) is 6.79. The number of piperidine rings is 1. The molecular weight excluding hydrogens is 276 g/mol. The minimum atomic E-state index is 0.562. The lowest BCUT2D eigenvalue weighted by atomic mass is 9.93. The van der Waals surface area contributed by atoms with Gasteiger partial charge in [0, 0.05) is 43.4 Å². The van der Waals surface area contributed by atoms with E-state index in [4.69, 9.17) is 5.73 Å². The third-order valence-electron chi connectivity index (χ3n) is 4.13. The summed E-state index contributed by atoms with van der Waals surface area (Å²) < 4.78 is 0. The molecule has 22 heavy (non-hydrogen) atoms. The van der Waals surface area contributed by atoms with Crippen LogP contribution in [0.3, 0.4) is 0 Å². The largest absolute Gasteiger partial charge is 0.382 e. The van der Waals surface area contributed by atoms with Gasteiger partial charge in [0.05, 0.1) is 5.69 Å². The van der Waals surface area contributed by atoms with E-state index in [0.717, 1.165) is 37.6 Å². The molecule has 2 aromatic rings. The first-order valence-corrected chi connectivity index (χ1v) is 7.76. The molecule has 6 heteroatoms. The summed E-state index contributed by atoms with van der Waals surface area (Å²) in [5, 5.41) is 0. The molecular formula is C16H22N6. The van der Waals surface area contributed by atoms with Gasteiger partial charge in [-0.25, -0.2) is 15.0 Å². The number of aryl methyl sites for hydroxylation is 1. The van der Waals surface area contributed by atoms with Crippen LogP contribution in [0.2, 0.25) is 0 Å². The zero-order valence-electron chi connectivity index (χ0n) is 12.9. The minimum absolute atomic E-state index is 0.562. The number of nitrogens with zero attached hydrogens (tertiary/aromatic N) is 5. The Morgan fingerprint density at radius 1 is 1.18 bits per heavy atom. The molecule has 0 bridgehead atoms. The predicted octanol–water partition coefficient (Wildman–Crippen LogP) is 1.61. The molecule has 116 valence electrons. The van der Waals surface area contributed by atoms with Crippen molar-refractivity contribution in [3.05, 3.63) is 41.9 Å². The molecule has 0 radical (unpaired) electrons. The molecule has 0 aromatic carbocycles. The molecule has 1 aliphatic heterocycles. The highest BCUT2D eigenvalue weighted by Gasteiger charge is 2.21. The van der Waals surface area contributed by atoms with Gasteiger partial charge >= 0.3 is 0 Å². The molecule has 3 heterocycles. The van der Waals surface area contributed by atoms with E-state index < -0.39 is 0 Å². The monoisotopic (exact) mass is 298 g/mol. The van der Waals surface area contributed by atoms with Gasteiger partial charge in [-0.05, 0) is 38.6 Å². The highest BCUT2D eigenvalue weighted by molar-refractivity contribution is 5.33. The quantitative estimate of drug-likeness (QED) is 0.923. The fraction of sp³-hybridized carbons (Fsp3) is 0.500. The SMILES string of the molecule is Cc1ncc(CN2CCCC(Cc3nccnc3N)C2)cn1. The van der Waals surface area contributed by atoms with Crippen LogP contribution in [0.1, 0.15) is 29.9 Å². The molecule has 0 amide bonds. The zero-order valence-corrected chi connectivity index (χ0v) is 12.9. The van der Waals surface area contributed by atoms with Crippen molar-refractivity contribution in [3.63, 3.8) is 0 Å². The van der Waals surface area contributed by atoms with Gasteiger partial charge < -0.3 is 5.73 Å². The minimum Gasteiger partial charge on any atom is -0.382 e. The van der Waals surface area contributed by atoms with Crippen molar-refractivity contribution >= 4 is 5.82 Å². The zero-order chi connectivity index (χ0) is 15.4. The summed E-state index contributed by atoms with van der Waals surface area (Å²) in [6.07, 6.45) is 10.5. The summed E-state index contributed by atoms with van der Waals surface area (Å²) in [5.74, 6) is 1.96. The lowest BCUT2D eigenvalue weighted by Crippen LogP contribution is -2.36. The van der Waals surface area contributed by atoms with E-state index >= 15 is 0 Å². The Bertz CT molecular complexity index is 612. The molecule has 0 aliphatic carbocycles. The molecule has 6 nitrogen and oxygen atoms in total. The van der Waals surface area contributed by atoms with Gasteiger partial charge in [-0.3, -0.25) is 9.88 Å². The van der Waals surface area contributed by atoms with Crippen LogP contribution in [0.25, 0.3) is 0 Å². The van der Waals surface area contributed by atoms with Crippen molar-refractivity contribution in [1.82, 2.24) is 24.8 Å². The molecule has 1 atom stereocenters. The number of nitrogen functional groups attached to an aromatic ring is 1. The van der Waals surface area contributed by atoms with Gasteiger partial charge in [0.25, 0.3) is 0 Å². The van der Waals surface area contributed by atoms with E-state index in [9.17, 15) is 0 Å². The Labute approximate surface area is 130 Å². The number of hydrogen-bond acceptors (Lipinski definition) is 6. The van der Waals surface area contributed by atoms with Crippen LogP contribution >= 0.6 is 0 Å². The topological polar surface area (TPSA) is 80.8 Å². The lowest BCUT2D eigenvalue weighted by Gasteiger charge is -2.32. The highest BCUT2D eigenvalue weighted by Crippen LogP contribution is 2.22. The van der Waals surface area contributed by atoms with Gasteiger partial charge in [0.15, 0.2) is 0 Å². The van der Waals surface area contributed by atoms with Gasteiger partial charge in [-0.2, -0.15) is 0 Å². The summed E-state index contributed by atoms with van der Waals surface area (Å²) in [5.41, 5.74) is 8.00. The maximum atomic E-state index is 5.91. The molecule has 1 saturated heterocycles. The number of likely N-dealkylation sites (tertiary alicyclic amines) is 1. The van der Waals surface area contributed by atoms with Crippen molar-refractivity contribution < 1.29 is 0 Å². The van der Waals surface area contributed by atoms with E-state index in [-0.39, 0.29) is 0 Å². The smallest absolute Gasteiger partial charge is 0.145 e. The van der Waals surface area contributed by atoms with Crippen molar-refractivity contribution in [2.24, 2.45) is 5.92 Å². The number of aromatic nitrogens is 4. The molecule has 2 aromatic heterocycles. The summed E-state index contributed by atoms with van der Waals surface area (Å²) in [6, 6.07) is 0. The summed E-state index contributed by atoms with van der Waals surface area (Å²) in [6.45, 7) is 5.00. The number of rotatable bonds is 4. The molecule has 3 rings (SSSR count). The lowest BCUT2D eigenvalue weighted by molar-refractivity contribution is 0.166. The van der Waals surface area contributed by atoms with Gasteiger partial charge in [-0.1, -0.05) is 0 Å². The van der Waals surface area contributed by atoms with Crippen molar-refractivity contribution in [2.75, 3.05) is 18.8 Å². The first-order valence-electron chi connectivity index (χ1n) is 7.76. The van der Waals surface area contributed by atoms with Crippen molar-refractivity contribution in [1.29, 1.82) is 0 Å². The van der Waals surface area contributed by atoms with Gasteiger partial charge in [0.1, 0.15) is 11.6 Å². The second-order valence-electron chi connectivity index (χ2n) is 5.97. The average molecular weight is 298 g/mol. The molecule has 1 unspecified atom stereocenters. The maximum absolute atomic E-state index is 5.91. The Hall–Kier alpha value is -2.08. The standard InChI is InChI=1S/C16H22N6/c1-12-20-8-14(9-21-12)11-22-6-2-3-13(10-22)7-15-16(17)19-5-4-18-15/h4-5,8-9,13H,2-3,6-7,10-11H2,1H3,(H2,17,19). The number of hydrogen-bond donors (Lipinski definition) is 1. The Morgan fingerprint density at radius 2 is 1.95 bits per heavy atom. The molecule has 1 aliphatic rings. The molecule has 0 saturated carbocycles. The van der Waals surface area contributed by atoms with Crippen LogP contribution in [0.5, 0.6) is 0 Å². The third-order valence-corrected chi connectivity index (χ3v) is 4.13. The number of anilines is 1. The molecule has 2 N–H and O–H groups in total. The van der Waals surface area contributed by atoms with E-state index in [0.29, 0.717) is 11.7 Å². The highest BCUT2D eigenvalue weighted by atomic mass is 15.1. The van der Waals surface area contributed by atoms with Crippen LogP contribution in [-0.4, -0.2) is 37.9 Å². The van der Waals surface area contributed by atoms with E-state index in [2.05, 4.69) is 24.8 Å². The van der Waals surface area contributed by atoms with Crippen molar-refractivity contribution in [2.45, 2.75) is 32.7 Å². The van der Waals surface area contributed by atoms with Crippen LogP contribution in [0, 0.1) is 12.8 Å². The molecule has 1 fully saturated rings. The van der Waals surface area contributed by atoms with Crippen LogP contribution < -0.4 is 5.73 Å². The van der Waals surface area contributed by atoms with Crippen LogP contribution in [0.15, 0.2) is 24.8 Å². The van der Waals surface area contributed by atoms with E-state index in [1.54, 1.807) is 12.4 Å². The third kappa shape index (κ3) is 3.76. The number of nitrogens with two attached hydrogens (primary N) is 1. The maximum Gasteiger partial charge on any atom is 0.145 e. The van der Waals surface area contributed by atoms with E-state index in [1.807, 2.05) is 19.3 Å². The Balaban J connectivity index is 1.59. The van der Waals surface area contributed by atoms with Crippen LogP contribution in [-0.2, 0) is 13.0 Å². The fourth-order valence-corrected chi connectivity index (χ4v) is 3.03. The van der Waals surface area contributed by atoms with Crippen molar-refractivity contribution in [3.8, 4) is 0 Å². The normalized spacial score (nSPS) is 19.2. The average Bonchev–Trinajstić information content (AvgIpc) is 2.52. The van der Waals surface area contributed by atoms with E-state index in [1.165, 1.54) is 18.4 Å². The Morgan fingerprint density at radius 3 is 2.73 bits per heavy atom. The summed E-state index contributed by atoms with van der Waals surface area (Å²) in [7, 11) is 0. The van der Waals surface area contributed by atoms with Gasteiger partial charge in [0.2, 0.25) is 0 Å².